The van der Waals surface area contributed by atoms with E-state index < -0.39 is 36.3 Å². The predicted octanol–water partition coefficient (Wildman–Crippen LogP) is 7.08. The Balaban J connectivity index is 1.63. The van der Waals surface area contributed by atoms with Crippen LogP contribution in [0, 0.1) is 5.41 Å². The molecule has 3 aromatic rings. The largest absolute Gasteiger partial charge is 0.487 e. The van der Waals surface area contributed by atoms with Gasteiger partial charge in [0, 0.05) is 55.4 Å². The Hall–Kier alpha value is -3.05. The first kappa shape index (κ1) is 32.9. The minimum Gasteiger partial charge on any atom is -0.487 e. The third kappa shape index (κ3) is 7.92. The predicted molar refractivity (Wildman–Crippen MR) is 157 cm³/mol. The van der Waals surface area contributed by atoms with Crippen LogP contribution in [0.5, 0.6) is 5.75 Å². The Bertz CT molecular complexity index is 1510. The van der Waals surface area contributed by atoms with Gasteiger partial charge in [0.25, 0.3) is 12.3 Å². The van der Waals surface area contributed by atoms with Crippen molar-refractivity contribution in [3.8, 4) is 5.75 Å². The quantitative estimate of drug-likeness (QED) is 0.244. The van der Waals surface area contributed by atoms with Crippen LogP contribution in [0.15, 0.2) is 24.3 Å². The molecule has 2 aromatic carbocycles. The number of fused-ring (bicyclic) bond motifs is 1. The average molecular weight is 646 g/mol. The molecule has 1 heterocycles. The van der Waals surface area contributed by atoms with E-state index in [9.17, 15) is 27.2 Å². The smallest absolute Gasteiger partial charge is 0.272 e. The summed E-state index contributed by atoms with van der Waals surface area (Å²) in [5.74, 6) is -3.08. The van der Waals surface area contributed by atoms with Crippen molar-refractivity contribution in [2.45, 2.75) is 77.8 Å². The van der Waals surface area contributed by atoms with E-state index in [2.05, 4.69) is 15.6 Å². The van der Waals surface area contributed by atoms with Crippen LogP contribution in [0.4, 0.5) is 17.6 Å². The topological polar surface area (TPSA) is 85.2 Å². The Labute approximate surface area is 257 Å². The molecule has 0 aliphatic heterocycles. The standard InChI is InChI=1S/C30H34Cl2F4N4O3/c1-29(2,3)28(42)37-14-16-5-6-20(31)18(26(16)32)12-25-39-21-11-19(23(43-15-24(33)34)13-22(21)40(25)4)27(41)38-17-7-9-30(35,36)10-8-17/h5-6,11,13,17,24H,7-10,12,14-15H2,1-4H3,(H,37,42)(H,38,41). The molecule has 7 nitrogen and oxygen atoms in total. The molecule has 13 heteroatoms. The van der Waals surface area contributed by atoms with Crippen molar-refractivity contribution in [2.24, 2.45) is 12.5 Å². The minimum atomic E-state index is -2.78. The van der Waals surface area contributed by atoms with Crippen molar-refractivity contribution in [3.63, 3.8) is 0 Å². The van der Waals surface area contributed by atoms with Gasteiger partial charge in [0.1, 0.15) is 18.2 Å². The average Bonchev–Trinajstić information content (AvgIpc) is 3.23. The van der Waals surface area contributed by atoms with Gasteiger partial charge in [0.2, 0.25) is 11.8 Å². The summed E-state index contributed by atoms with van der Waals surface area (Å²) in [6.07, 6.45) is -3.08. The Kier molecular flexibility index (Phi) is 9.85. The molecule has 4 rings (SSSR count). The number of carbonyl (C=O) groups excluding carboxylic acids is 2. The zero-order chi connectivity index (χ0) is 31.7. The number of halogens is 6. The highest BCUT2D eigenvalue weighted by molar-refractivity contribution is 6.36. The maximum atomic E-state index is 13.6. The van der Waals surface area contributed by atoms with Gasteiger partial charge < -0.3 is 19.9 Å². The number of rotatable bonds is 9. The van der Waals surface area contributed by atoms with E-state index in [1.54, 1.807) is 44.5 Å². The number of nitrogens with one attached hydrogen (secondary N) is 2. The summed E-state index contributed by atoms with van der Waals surface area (Å²) >= 11 is 13.2. The Morgan fingerprint density at radius 1 is 1.16 bits per heavy atom. The number of amides is 2. The van der Waals surface area contributed by atoms with Gasteiger partial charge in [-0.05, 0) is 36.1 Å². The second-order valence-corrected chi connectivity index (χ2v) is 12.6. The van der Waals surface area contributed by atoms with Crippen LogP contribution in [0.3, 0.4) is 0 Å². The van der Waals surface area contributed by atoms with Gasteiger partial charge in [-0.15, -0.1) is 0 Å². The number of imidazole rings is 1. The molecule has 0 saturated heterocycles. The molecule has 43 heavy (non-hydrogen) atoms. The first-order valence-corrected chi connectivity index (χ1v) is 14.6. The van der Waals surface area contributed by atoms with Gasteiger partial charge in [-0.2, -0.15) is 0 Å². The molecule has 0 radical (unpaired) electrons. The second-order valence-electron chi connectivity index (χ2n) is 11.8. The number of aryl methyl sites for hydroxylation is 1. The normalized spacial score (nSPS) is 15.6. The number of hydrogen-bond acceptors (Lipinski definition) is 4. The third-order valence-corrected chi connectivity index (χ3v) is 8.28. The van der Waals surface area contributed by atoms with Crippen LogP contribution in [0.2, 0.25) is 10.0 Å². The molecule has 1 aliphatic carbocycles. The van der Waals surface area contributed by atoms with Gasteiger partial charge in [0.15, 0.2) is 0 Å². The fourth-order valence-corrected chi connectivity index (χ4v) is 5.44. The number of benzene rings is 2. The van der Waals surface area contributed by atoms with Gasteiger partial charge in [0.05, 0.1) is 21.6 Å². The molecular weight excluding hydrogens is 611 g/mol. The molecule has 0 spiro atoms. The first-order valence-electron chi connectivity index (χ1n) is 13.9. The summed E-state index contributed by atoms with van der Waals surface area (Å²) < 4.78 is 60.3. The van der Waals surface area contributed by atoms with Crippen molar-refractivity contribution in [3.05, 3.63) is 56.8 Å². The van der Waals surface area contributed by atoms with E-state index in [-0.39, 0.29) is 55.9 Å². The SMILES string of the molecule is Cn1c(Cc2c(Cl)ccc(CNC(=O)C(C)(C)C)c2Cl)nc2cc(C(=O)NC3CCC(F)(F)CC3)c(OCC(F)F)cc21. The lowest BCUT2D eigenvalue weighted by atomic mass is 9.92. The Morgan fingerprint density at radius 3 is 2.47 bits per heavy atom. The summed E-state index contributed by atoms with van der Waals surface area (Å²) in [5, 5.41) is 6.37. The van der Waals surface area contributed by atoms with Crippen molar-refractivity contribution in [1.82, 2.24) is 20.2 Å². The summed E-state index contributed by atoms with van der Waals surface area (Å²) in [4.78, 5) is 30.2. The van der Waals surface area contributed by atoms with E-state index in [0.717, 1.165) is 0 Å². The van der Waals surface area contributed by atoms with Crippen molar-refractivity contribution in [2.75, 3.05) is 6.61 Å². The number of alkyl halides is 4. The zero-order valence-corrected chi connectivity index (χ0v) is 25.8. The van der Waals surface area contributed by atoms with Crippen molar-refractivity contribution >= 4 is 46.0 Å². The summed E-state index contributed by atoms with van der Waals surface area (Å²) in [6, 6.07) is 5.84. The molecular formula is C30H34Cl2F4N4O3. The van der Waals surface area contributed by atoms with Gasteiger partial charge in [-0.3, -0.25) is 9.59 Å². The number of nitrogens with zero attached hydrogens (tertiary/aromatic N) is 2. The molecule has 1 saturated carbocycles. The lowest BCUT2D eigenvalue weighted by Gasteiger charge is -2.29. The van der Waals surface area contributed by atoms with Crippen molar-refractivity contribution in [1.29, 1.82) is 0 Å². The second kappa shape index (κ2) is 12.9. The van der Waals surface area contributed by atoms with E-state index in [1.807, 2.05) is 0 Å². The molecule has 0 unspecified atom stereocenters. The zero-order valence-electron chi connectivity index (χ0n) is 24.3. The molecule has 1 aromatic heterocycles. The molecule has 0 atom stereocenters. The molecule has 2 N–H and O–H groups in total. The van der Waals surface area contributed by atoms with Gasteiger partial charge in [-0.25, -0.2) is 22.5 Å². The number of aromatic nitrogens is 2. The molecule has 234 valence electrons. The first-order chi connectivity index (χ1) is 20.1. The highest BCUT2D eigenvalue weighted by atomic mass is 35.5. The molecule has 1 aliphatic rings. The van der Waals surface area contributed by atoms with Crippen LogP contribution in [-0.2, 0) is 24.8 Å². The highest BCUT2D eigenvalue weighted by Crippen LogP contribution is 2.35. The fourth-order valence-electron chi connectivity index (χ4n) is 4.87. The lowest BCUT2D eigenvalue weighted by Crippen LogP contribution is -2.40. The summed E-state index contributed by atoms with van der Waals surface area (Å²) in [5.41, 5.74) is 1.54. The number of hydrogen-bond donors (Lipinski definition) is 2. The van der Waals surface area contributed by atoms with Crippen molar-refractivity contribution < 1.29 is 31.9 Å². The molecule has 2 amide bonds. The monoisotopic (exact) mass is 644 g/mol. The lowest BCUT2D eigenvalue weighted by molar-refractivity contribution is -0.128. The van der Waals surface area contributed by atoms with Gasteiger partial charge >= 0.3 is 0 Å². The summed E-state index contributed by atoms with van der Waals surface area (Å²) in [7, 11) is 1.72. The van der Waals surface area contributed by atoms with Crippen LogP contribution < -0.4 is 15.4 Å². The number of ether oxygens (including phenoxy) is 1. The van der Waals surface area contributed by atoms with E-state index in [0.29, 0.717) is 38.0 Å². The van der Waals surface area contributed by atoms with Crippen LogP contribution >= 0.6 is 23.2 Å². The number of carbonyl (C=O) groups is 2. The van der Waals surface area contributed by atoms with Crippen LogP contribution in [0.1, 0.15) is 73.8 Å². The minimum absolute atomic E-state index is 0.0252. The van der Waals surface area contributed by atoms with E-state index in [1.165, 1.54) is 12.1 Å². The fraction of sp³-hybridized carbons (Fsp3) is 0.500. The molecule has 0 bridgehead atoms. The Morgan fingerprint density at radius 2 is 1.84 bits per heavy atom. The maximum absolute atomic E-state index is 13.6. The van der Waals surface area contributed by atoms with Crippen LogP contribution in [0.25, 0.3) is 11.0 Å². The van der Waals surface area contributed by atoms with E-state index >= 15 is 0 Å². The third-order valence-electron chi connectivity index (χ3n) is 7.46. The highest BCUT2D eigenvalue weighted by Gasteiger charge is 2.35. The summed E-state index contributed by atoms with van der Waals surface area (Å²) in [6.45, 7) is 4.68. The van der Waals surface area contributed by atoms with Gasteiger partial charge in [-0.1, -0.05) is 50.0 Å². The maximum Gasteiger partial charge on any atom is 0.272 e. The molecule has 1 fully saturated rings. The van der Waals surface area contributed by atoms with E-state index in [4.69, 9.17) is 27.9 Å². The van der Waals surface area contributed by atoms with Crippen LogP contribution in [-0.4, -0.2) is 46.4 Å².